The zero-order valence-electron chi connectivity index (χ0n) is 16.1. The maximum Gasteiger partial charge on any atom is 0.227 e. The fourth-order valence-electron chi connectivity index (χ4n) is 3.68. The van der Waals surface area contributed by atoms with Gasteiger partial charge < -0.3 is 20.2 Å². The Hall–Kier alpha value is -1.59. The van der Waals surface area contributed by atoms with Gasteiger partial charge in [0.05, 0.1) is 12.0 Å². The highest BCUT2D eigenvalue weighted by Gasteiger charge is 2.28. The number of benzene rings is 1. The number of anilines is 2. The molecule has 1 aliphatic rings. The lowest BCUT2D eigenvalue weighted by Crippen LogP contribution is -2.33. The van der Waals surface area contributed by atoms with Gasteiger partial charge in [-0.3, -0.25) is 4.79 Å². The van der Waals surface area contributed by atoms with Crippen LogP contribution < -0.4 is 10.2 Å². The predicted octanol–water partition coefficient (Wildman–Crippen LogP) is 3.23. The van der Waals surface area contributed by atoms with Gasteiger partial charge in [0.15, 0.2) is 0 Å². The molecule has 0 aromatic heterocycles. The smallest absolute Gasteiger partial charge is 0.227 e. The second-order valence-corrected chi connectivity index (χ2v) is 7.45. The molecule has 1 aromatic carbocycles. The molecule has 1 heterocycles. The lowest BCUT2D eigenvalue weighted by atomic mass is 9.89. The maximum atomic E-state index is 12.5. The zero-order valence-corrected chi connectivity index (χ0v) is 16.1. The molecule has 2 rings (SSSR count). The van der Waals surface area contributed by atoms with Crippen LogP contribution >= 0.6 is 0 Å². The summed E-state index contributed by atoms with van der Waals surface area (Å²) in [6.45, 7) is 6.98. The summed E-state index contributed by atoms with van der Waals surface area (Å²) in [5.41, 5.74) is 2.35. The van der Waals surface area contributed by atoms with Crippen LogP contribution in [-0.4, -0.2) is 48.7 Å². The number of rotatable bonds is 7. The summed E-state index contributed by atoms with van der Waals surface area (Å²) in [5.74, 6) is -0.113. The second kappa shape index (κ2) is 8.68. The average Bonchev–Trinajstić information content (AvgIpc) is 2.67. The zero-order chi connectivity index (χ0) is 18.4. The predicted molar refractivity (Wildman–Crippen MR) is 104 cm³/mol. The minimum absolute atomic E-state index is 0.113. The van der Waals surface area contributed by atoms with Gasteiger partial charge in [0.2, 0.25) is 5.91 Å². The number of nitrogens with zero attached hydrogens (tertiary/aromatic N) is 2. The number of aliphatic hydroxyl groups is 1. The largest absolute Gasteiger partial charge is 0.389 e. The molecule has 0 radical (unpaired) electrons. The first-order valence-electron chi connectivity index (χ1n) is 9.41. The lowest BCUT2D eigenvalue weighted by molar-refractivity contribution is -0.121. The first-order chi connectivity index (χ1) is 11.9. The summed E-state index contributed by atoms with van der Waals surface area (Å²) >= 11 is 0. The third kappa shape index (κ3) is 5.44. The van der Waals surface area contributed by atoms with Gasteiger partial charge in [0, 0.05) is 38.1 Å². The molecule has 25 heavy (non-hydrogen) atoms. The molecule has 140 valence electrons. The normalized spacial score (nSPS) is 15.6. The molecule has 0 bridgehead atoms. The number of hydrogen-bond acceptors (Lipinski definition) is 4. The highest BCUT2D eigenvalue weighted by atomic mass is 16.3. The number of carbonyl (C=O) groups is 1. The Morgan fingerprint density at radius 3 is 2.52 bits per heavy atom. The van der Waals surface area contributed by atoms with Crippen molar-refractivity contribution in [3.05, 3.63) is 23.8 Å². The lowest BCUT2D eigenvalue weighted by Gasteiger charge is -2.27. The molecule has 0 aliphatic carbocycles. The molecule has 0 atom stereocenters. The number of fused-ring (bicyclic) bond motifs is 1. The molecular weight excluding hydrogens is 314 g/mol. The Bertz CT molecular complexity index is 582. The van der Waals surface area contributed by atoms with E-state index in [-0.39, 0.29) is 12.3 Å². The molecule has 5 nitrogen and oxygen atoms in total. The quantitative estimate of drug-likeness (QED) is 0.795. The van der Waals surface area contributed by atoms with Crippen molar-refractivity contribution in [2.45, 2.75) is 58.1 Å². The fourth-order valence-corrected chi connectivity index (χ4v) is 3.68. The van der Waals surface area contributed by atoms with Crippen LogP contribution in [0.1, 0.15) is 51.5 Å². The first-order valence-corrected chi connectivity index (χ1v) is 9.41. The Morgan fingerprint density at radius 1 is 1.20 bits per heavy atom. The van der Waals surface area contributed by atoms with Crippen molar-refractivity contribution < 1.29 is 9.90 Å². The number of likely N-dealkylation sites (N-methyl/N-ethyl adjacent to an activating group) is 2. The van der Waals surface area contributed by atoms with Crippen LogP contribution in [0.2, 0.25) is 0 Å². The second-order valence-electron chi connectivity index (χ2n) is 7.45. The third-order valence-electron chi connectivity index (χ3n) is 4.96. The third-order valence-corrected chi connectivity index (χ3v) is 4.96. The summed E-state index contributed by atoms with van der Waals surface area (Å²) in [7, 11) is 4.21. The van der Waals surface area contributed by atoms with E-state index in [9.17, 15) is 9.90 Å². The molecule has 1 aromatic rings. The Balaban J connectivity index is 2.08. The molecule has 1 aliphatic heterocycles. The van der Waals surface area contributed by atoms with Crippen molar-refractivity contribution in [2.75, 3.05) is 37.4 Å². The summed E-state index contributed by atoms with van der Waals surface area (Å²) in [6.07, 6.45) is 3.23. The molecule has 0 unspecified atom stereocenters. The molecular formula is C20H33N3O2. The van der Waals surface area contributed by atoms with Crippen LogP contribution in [0, 0.1) is 0 Å². The summed E-state index contributed by atoms with van der Waals surface area (Å²) in [4.78, 5) is 17.0. The van der Waals surface area contributed by atoms with Gasteiger partial charge in [-0.05, 0) is 37.6 Å². The van der Waals surface area contributed by atoms with Crippen LogP contribution in [0.25, 0.3) is 0 Å². The molecule has 0 spiro atoms. The van der Waals surface area contributed by atoms with E-state index in [0.29, 0.717) is 12.8 Å². The van der Waals surface area contributed by atoms with Crippen LogP contribution in [0.3, 0.4) is 0 Å². The van der Waals surface area contributed by atoms with Gasteiger partial charge in [-0.25, -0.2) is 0 Å². The molecule has 5 heteroatoms. The van der Waals surface area contributed by atoms with Crippen molar-refractivity contribution in [1.82, 2.24) is 4.90 Å². The summed E-state index contributed by atoms with van der Waals surface area (Å²) < 4.78 is 0. The number of carbonyl (C=O) groups excluding carboxylic acids is 1. The Morgan fingerprint density at radius 2 is 1.88 bits per heavy atom. The standard InChI is InChI=1S/C20H33N3O2/c1-5-9-20(25,10-6-2)14-19(24)21-17-8-7-16-15-22(3)11-12-23(4)18(16)13-17/h7-8,13,25H,5-6,9-12,14-15H2,1-4H3,(H,21,24). The minimum Gasteiger partial charge on any atom is -0.389 e. The van der Waals surface area contributed by atoms with E-state index < -0.39 is 5.60 Å². The van der Waals surface area contributed by atoms with E-state index in [4.69, 9.17) is 0 Å². The first kappa shape index (κ1) is 19.7. The summed E-state index contributed by atoms with van der Waals surface area (Å²) in [6, 6.07) is 6.10. The SMILES string of the molecule is CCCC(O)(CCC)CC(=O)Nc1ccc2c(c1)N(C)CCN(C)C2. The molecule has 1 amide bonds. The number of nitrogens with one attached hydrogen (secondary N) is 1. The van der Waals surface area contributed by atoms with E-state index in [2.05, 4.69) is 35.3 Å². The highest BCUT2D eigenvalue weighted by molar-refractivity contribution is 5.92. The van der Waals surface area contributed by atoms with Crippen molar-refractivity contribution in [1.29, 1.82) is 0 Å². The summed E-state index contributed by atoms with van der Waals surface area (Å²) in [5, 5.41) is 13.7. The van der Waals surface area contributed by atoms with Crippen molar-refractivity contribution >= 4 is 17.3 Å². The van der Waals surface area contributed by atoms with Gasteiger partial charge in [0.1, 0.15) is 0 Å². The average molecular weight is 348 g/mol. The van der Waals surface area contributed by atoms with Crippen molar-refractivity contribution in [3.8, 4) is 0 Å². The van der Waals surface area contributed by atoms with Crippen molar-refractivity contribution in [3.63, 3.8) is 0 Å². The van der Waals surface area contributed by atoms with E-state index in [0.717, 1.165) is 38.2 Å². The Kier molecular flexibility index (Phi) is 6.85. The minimum atomic E-state index is -0.890. The number of hydrogen-bond donors (Lipinski definition) is 2. The van der Waals surface area contributed by atoms with Gasteiger partial charge in [0.25, 0.3) is 0 Å². The van der Waals surface area contributed by atoms with E-state index in [1.807, 2.05) is 26.0 Å². The maximum absolute atomic E-state index is 12.5. The molecule has 2 N–H and O–H groups in total. The highest BCUT2D eigenvalue weighted by Crippen LogP contribution is 2.28. The van der Waals surface area contributed by atoms with Crippen LogP contribution in [0.15, 0.2) is 18.2 Å². The van der Waals surface area contributed by atoms with Gasteiger partial charge in [-0.2, -0.15) is 0 Å². The van der Waals surface area contributed by atoms with Crippen LogP contribution in [-0.2, 0) is 11.3 Å². The monoisotopic (exact) mass is 347 g/mol. The molecule has 0 saturated heterocycles. The van der Waals surface area contributed by atoms with E-state index in [1.165, 1.54) is 11.3 Å². The molecule has 0 saturated carbocycles. The fraction of sp³-hybridized carbons (Fsp3) is 0.650. The topological polar surface area (TPSA) is 55.8 Å². The van der Waals surface area contributed by atoms with Gasteiger partial charge in [-0.15, -0.1) is 0 Å². The molecule has 0 fully saturated rings. The van der Waals surface area contributed by atoms with Gasteiger partial charge in [-0.1, -0.05) is 32.8 Å². The van der Waals surface area contributed by atoms with Crippen LogP contribution in [0.5, 0.6) is 0 Å². The van der Waals surface area contributed by atoms with Crippen molar-refractivity contribution in [2.24, 2.45) is 0 Å². The van der Waals surface area contributed by atoms with E-state index in [1.54, 1.807) is 0 Å². The number of amides is 1. The van der Waals surface area contributed by atoms with Crippen LogP contribution in [0.4, 0.5) is 11.4 Å². The Labute approximate surface area is 152 Å². The van der Waals surface area contributed by atoms with Gasteiger partial charge >= 0.3 is 0 Å². The van der Waals surface area contributed by atoms with E-state index >= 15 is 0 Å².